The lowest BCUT2D eigenvalue weighted by Gasteiger charge is -2.33. The predicted octanol–water partition coefficient (Wildman–Crippen LogP) is 4.03. The highest BCUT2D eigenvalue weighted by atomic mass is 16.6. The number of allylic oxidation sites excluding steroid dienone is 1. The lowest BCUT2D eigenvalue weighted by molar-refractivity contribution is -0.300. The zero-order chi connectivity index (χ0) is 25.0. The number of amides is 1. The maximum atomic E-state index is 12.4. The number of nitrogens with one attached hydrogen (secondary N) is 1. The van der Waals surface area contributed by atoms with Gasteiger partial charge in [-0.2, -0.15) is 0 Å². The van der Waals surface area contributed by atoms with Crippen molar-refractivity contribution in [3.05, 3.63) is 48.2 Å². The van der Waals surface area contributed by atoms with Crippen LogP contribution < -0.4 is 10.4 Å². The first-order valence-corrected chi connectivity index (χ1v) is 11.7. The Morgan fingerprint density at radius 1 is 1.18 bits per heavy atom. The molecule has 0 radical (unpaired) electrons. The van der Waals surface area contributed by atoms with Crippen LogP contribution in [-0.4, -0.2) is 40.0 Å². The topological polar surface area (TPSA) is 119 Å². The molecule has 186 valence electrons. The molecule has 1 amide bonds. The number of carboxylic acids is 1. The minimum Gasteiger partial charge on any atom is -0.876 e. The Morgan fingerprint density at radius 2 is 1.73 bits per heavy atom. The van der Waals surface area contributed by atoms with Gasteiger partial charge in [0.1, 0.15) is 5.60 Å². The van der Waals surface area contributed by atoms with Gasteiger partial charge < -0.3 is 25.4 Å². The van der Waals surface area contributed by atoms with Crippen molar-refractivity contribution in [3.63, 3.8) is 0 Å². The first kappa shape index (κ1) is 28.5. The standard InChI is InChI=1S/C23H35NO5.C3H6O/c1-23(2,3)29-22(28)24-19(15-17-12-8-5-9-13-17)20(25)18(21(26)27)14-16-10-6-4-7-11-16;1-3(2)4/h4,6-7,10-11,17-20,25H,5,8-9,12-15H2,1-3H3,(H,24,28)(H,26,27);4H,1H2,2H3/p-1/t18-,19-,20+;/m1./s1. The molecule has 0 saturated heterocycles. The monoisotopic (exact) mass is 462 g/mol. The summed E-state index contributed by atoms with van der Waals surface area (Å²) >= 11 is 0. The van der Waals surface area contributed by atoms with Crippen molar-refractivity contribution in [1.29, 1.82) is 0 Å². The summed E-state index contributed by atoms with van der Waals surface area (Å²) in [7, 11) is 0. The van der Waals surface area contributed by atoms with Gasteiger partial charge in [0.15, 0.2) is 0 Å². The van der Waals surface area contributed by atoms with Gasteiger partial charge in [-0.25, -0.2) is 4.79 Å². The third-order valence-electron chi connectivity index (χ3n) is 5.45. The Hall–Kier alpha value is -2.54. The number of rotatable bonds is 8. The highest BCUT2D eigenvalue weighted by molar-refractivity contribution is 5.72. The maximum Gasteiger partial charge on any atom is 0.407 e. The van der Waals surface area contributed by atoms with Crippen molar-refractivity contribution < 1.29 is 29.6 Å². The van der Waals surface area contributed by atoms with E-state index in [1.54, 1.807) is 20.8 Å². The Bertz CT molecular complexity index is 733. The summed E-state index contributed by atoms with van der Waals surface area (Å²) in [6, 6.07) is 8.59. The average Bonchev–Trinajstić information content (AvgIpc) is 2.70. The zero-order valence-corrected chi connectivity index (χ0v) is 20.4. The molecule has 7 nitrogen and oxygen atoms in total. The Balaban J connectivity index is 0.00000125. The van der Waals surface area contributed by atoms with E-state index in [0.717, 1.165) is 31.2 Å². The van der Waals surface area contributed by atoms with Crippen LogP contribution in [0, 0.1) is 11.8 Å². The largest absolute Gasteiger partial charge is 0.876 e. The molecule has 0 spiro atoms. The molecular formula is C26H40NO6-. The Morgan fingerprint density at radius 3 is 2.21 bits per heavy atom. The summed E-state index contributed by atoms with van der Waals surface area (Å²) in [6.07, 6.45) is 4.47. The SMILES string of the molecule is C=C(C)[O-].CC(C)(C)OC(=O)N[C@H](CC1CCCCC1)[C@@H](O)[C@@H](Cc1ccccc1)C(=O)O. The molecule has 1 aliphatic carbocycles. The molecule has 2 rings (SSSR count). The zero-order valence-electron chi connectivity index (χ0n) is 20.4. The van der Waals surface area contributed by atoms with E-state index in [1.165, 1.54) is 13.3 Å². The van der Waals surface area contributed by atoms with E-state index < -0.39 is 35.7 Å². The number of ether oxygens (including phenoxy) is 1. The molecular weight excluding hydrogens is 422 g/mol. The molecule has 1 saturated carbocycles. The third kappa shape index (κ3) is 12.3. The van der Waals surface area contributed by atoms with Crippen LogP contribution in [0.2, 0.25) is 0 Å². The molecule has 3 N–H and O–H groups in total. The van der Waals surface area contributed by atoms with Crippen molar-refractivity contribution in [2.75, 3.05) is 0 Å². The van der Waals surface area contributed by atoms with Gasteiger partial charge >= 0.3 is 12.1 Å². The number of benzene rings is 1. The number of aliphatic carboxylic acids is 1. The first-order chi connectivity index (χ1) is 15.4. The molecule has 3 atom stereocenters. The fourth-order valence-electron chi connectivity index (χ4n) is 4.03. The number of carbonyl (C=O) groups excluding carboxylic acids is 1. The van der Waals surface area contributed by atoms with Crippen molar-refractivity contribution in [2.24, 2.45) is 11.8 Å². The van der Waals surface area contributed by atoms with E-state index >= 15 is 0 Å². The van der Waals surface area contributed by atoms with Crippen LogP contribution in [0.25, 0.3) is 0 Å². The van der Waals surface area contributed by atoms with Gasteiger partial charge in [0.2, 0.25) is 0 Å². The smallest absolute Gasteiger partial charge is 0.407 e. The highest BCUT2D eigenvalue weighted by Crippen LogP contribution is 2.29. The summed E-state index contributed by atoms with van der Waals surface area (Å²) in [4.78, 5) is 24.3. The molecule has 1 aromatic rings. The van der Waals surface area contributed by atoms with Crippen molar-refractivity contribution >= 4 is 12.1 Å². The first-order valence-electron chi connectivity index (χ1n) is 11.7. The van der Waals surface area contributed by atoms with Crippen LogP contribution in [0.1, 0.15) is 71.8 Å². The fourth-order valence-corrected chi connectivity index (χ4v) is 4.03. The number of hydrogen-bond donors (Lipinski definition) is 3. The van der Waals surface area contributed by atoms with Gasteiger partial charge in [0, 0.05) is 0 Å². The minimum absolute atomic E-state index is 0.0833. The molecule has 33 heavy (non-hydrogen) atoms. The second kappa shape index (κ2) is 13.9. The van der Waals surface area contributed by atoms with E-state index in [1.807, 2.05) is 30.3 Å². The Labute approximate surface area is 197 Å². The number of alkyl carbamates (subject to hydrolysis) is 1. The summed E-state index contributed by atoms with van der Waals surface area (Å²) in [6.45, 7) is 9.73. The molecule has 0 bridgehead atoms. The summed E-state index contributed by atoms with van der Waals surface area (Å²) in [5, 5.41) is 32.9. The molecule has 1 fully saturated rings. The number of aliphatic hydroxyl groups excluding tert-OH is 1. The van der Waals surface area contributed by atoms with Gasteiger partial charge in [-0.3, -0.25) is 4.79 Å². The van der Waals surface area contributed by atoms with E-state index in [0.29, 0.717) is 12.3 Å². The van der Waals surface area contributed by atoms with Crippen LogP contribution >= 0.6 is 0 Å². The molecule has 0 aliphatic heterocycles. The van der Waals surface area contributed by atoms with Crippen molar-refractivity contribution in [1.82, 2.24) is 5.32 Å². The van der Waals surface area contributed by atoms with Crippen LogP contribution in [0.3, 0.4) is 0 Å². The second-order valence-corrected chi connectivity index (χ2v) is 9.82. The number of carbonyl (C=O) groups is 2. The predicted molar refractivity (Wildman–Crippen MR) is 126 cm³/mol. The molecule has 1 aliphatic rings. The lowest BCUT2D eigenvalue weighted by Crippen LogP contribution is -2.51. The van der Waals surface area contributed by atoms with E-state index in [2.05, 4.69) is 11.9 Å². The van der Waals surface area contributed by atoms with Gasteiger partial charge in [-0.15, -0.1) is 12.3 Å². The summed E-state index contributed by atoms with van der Waals surface area (Å²) in [5.74, 6) is -1.80. The maximum absolute atomic E-state index is 12.4. The van der Waals surface area contributed by atoms with Crippen molar-refractivity contribution in [2.45, 2.75) is 90.4 Å². The molecule has 0 unspecified atom stereocenters. The van der Waals surface area contributed by atoms with Gasteiger partial charge in [0.25, 0.3) is 0 Å². The fraction of sp³-hybridized carbons (Fsp3) is 0.615. The number of carboxylic acid groups (broad SMARTS) is 1. The number of aliphatic hydroxyl groups is 1. The van der Waals surface area contributed by atoms with Crippen molar-refractivity contribution in [3.8, 4) is 0 Å². The Kier molecular flexibility index (Phi) is 12.0. The van der Waals surface area contributed by atoms with E-state index in [-0.39, 0.29) is 12.2 Å². The highest BCUT2D eigenvalue weighted by Gasteiger charge is 2.36. The normalized spacial score (nSPS) is 17.0. The van der Waals surface area contributed by atoms with E-state index in [4.69, 9.17) is 4.74 Å². The molecule has 1 aromatic carbocycles. The van der Waals surface area contributed by atoms with E-state index in [9.17, 15) is 24.9 Å². The summed E-state index contributed by atoms with van der Waals surface area (Å²) in [5.41, 5.74) is 0.174. The quantitative estimate of drug-likeness (QED) is 0.502. The van der Waals surface area contributed by atoms with Gasteiger partial charge in [-0.1, -0.05) is 69.4 Å². The summed E-state index contributed by atoms with van der Waals surface area (Å²) < 4.78 is 5.36. The average molecular weight is 463 g/mol. The third-order valence-corrected chi connectivity index (χ3v) is 5.45. The molecule has 0 heterocycles. The second-order valence-electron chi connectivity index (χ2n) is 9.82. The lowest BCUT2D eigenvalue weighted by atomic mass is 9.80. The molecule has 7 heteroatoms. The van der Waals surface area contributed by atoms with Gasteiger partial charge in [0.05, 0.1) is 18.1 Å². The molecule has 0 aromatic heterocycles. The minimum atomic E-state index is -1.21. The van der Waals surface area contributed by atoms with Crippen LogP contribution in [0.4, 0.5) is 4.79 Å². The van der Waals surface area contributed by atoms with Crippen LogP contribution in [0.5, 0.6) is 0 Å². The van der Waals surface area contributed by atoms with Crippen LogP contribution in [0.15, 0.2) is 42.7 Å². The van der Waals surface area contributed by atoms with Gasteiger partial charge in [-0.05, 0) is 45.1 Å². The van der Waals surface area contributed by atoms with Crippen LogP contribution in [-0.2, 0) is 16.0 Å². The number of hydrogen-bond acceptors (Lipinski definition) is 5.